The molecule has 0 bridgehead atoms. The summed E-state index contributed by atoms with van der Waals surface area (Å²) in [6.45, 7) is 2.82. The number of likely N-dealkylation sites (tertiary alicyclic amines) is 1. The summed E-state index contributed by atoms with van der Waals surface area (Å²) in [6, 6.07) is 1.61. The van der Waals surface area contributed by atoms with Gasteiger partial charge in [-0.15, -0.1) is 0 Å². The van der Waals surface area contributed by atoms with Gasteiger partial charge in [0.05, 0.1) is 6.10 Å². The van der Waals surface area contributed by atoms with E-state index in [0.29, 0.717) is 23.7 Å². The first kappa shape index (κ1) is 12.4. The van der Waals surface area contributed by atoms with E-state index in [0.717, 1.165) is 19.4 Å². The minimum Gasteiger partial charge on any atom is -0.393 e. The van der Waals surface area contributed by atoms with Gasteiger partial charge in [-0.05, 0) is 31.7 Å². The lowest BCUT2D eigenvalue weighted by atomic mass is 10.00. The third-order valence-corrected chi connectivity index (χ3v) is 4.43. The number of aromatic amines is 1. The predicted molar refractivity (Wildman–Crippen MR) is 68.9 cm³/mol. The van der Waals surface area contributed by atoms with E-state index in [4.69, 9.17) is 0 Å². The highest BCUT2D eigenvalue weighted by atomic mass is 16.3. The van der Waals surface area contributed by atoms with Crippen LogP contribution in [0.15, 0.2) is 12.3 Å². The SMILES string of the molecule is CC(=O)c1c[nH]c(C(=O)N2CC3CCC(O)C3C2)c1. The normalized spacial score (nSPS) is 29.6. The van der Waals surface area contributed by atoms with E-state index in [2.05, 4.69) is 4.98 Å². The number of Topliss-reactive ketones (excluding diaryl/α,β-unsaturated/α-hetero) is 1. The highest BCUT2D eigenvalue weighted by Crippen LogP contribution is 2.38. The smallest absolute Gasteiger partial charge is 0.270 e. The first-order chi connectivity index (χ1) is 9.06. The molecular weight excluding hydrogens is 244 g/mol. The van der Waals surface area contributed by atoms with Crippen molar-refractivity contribution in [2.45, 2.75) is 25.9 Å². The van der Waals surface area contributed by atoms with Gasteiger partial charge >= 0.3 is 0 Å². The number of nitrogens with zero attached hydrogens (tertiary/aromatic N) is 1. The predicted octanol–water partition coefficient (Wildman–Crippen LogP) is 1.06. The lowest BCUT2D eigenvalue weighted by molar-refractivity contribution is 0.0747. The number of carbonyl (C=O) groups is 2. The number of H-pyrrole nitrogens is 1. The molecule has 3 rings (SSSR count). The van der Waals surface area contributed by atoms with Crippen LogP contribution in [0, 0.1) is 11.8 Å². The molecule has 19 heavy (non-hydrogen) atoms. The number of hydrogen-bond acceptors (Lipinski definition) is 3. The van der Waals surface area contributed by atoms with Crippen molar-refractivity contribution >= 4 is 11.7 Å². The summed E-state index contributed by atoms with van der Waals surface area (Å²) in [7, 11) is 0. The Balaban J connectivity index is 1.73. The second kappa shape index (κ2) is 4.49. The lowest BCUT2D eigenvalue weighted by Gasteiger charge is -2.17. The summed E-state index contributed by atoms with van der Waals surface area (Å²) in [5.41, 5.74) is 0.988. The molecule has 1 saturated carbocycles. The Morgan fingerprint density at radius 1 is 1.37 bits per heavy atom. The van der Waals surface area contributed by atoms with Crippen LogP contribution in [-0.2, 0) is 0 Å². The highest BCUT2D eigenvalue weighted by Gasteiger charge is 2.43. The standard InChI is InChI=1S/C14H18N2O3/c1-8(17)10-4-12(15-5-10)14(19)16-6-9-2-3-13(18)11(9)7-16/h4-5,9,11,13,15,18H,2-3,6-7H2,1H3. The third kappa shape index (κ3) is 2.08. The van der Waals surface area contributed by atoms with Gasteiger partial charge in [0.2, 0.25) is 0 Å². The Kier molecular flexibility index (Phi) is 2.93. The number of rotatable bonds is 2. The van der Waals surface area contributed by atoms with E-state index in [-0.39, 0.29) is 23.7 Å². The van der Waals surface area contributed by atoms with Gasteiger partial charge in [0.1, 0.15) is 5.69 Å². The van der Waals surface area contributed by atoms with E-state index in [1.807, 2.05) is 0 Å². The van der Waals surface area contributed by atoms with Gasteiger partial charge in [-0.25, -0.2) is 0 Å². The Labute approximate surface area is 111 Å². The second-order valence-electron chi connectivity index (χ2n) is 5.64. The van der Waals surface area contributed by atoms with Crippen molar-refractivity contribution in [1.82, 2.24) is 9.88 Å². The number of aromatic nitrogens is 1. The molecule has 102 valence electrons. The summed E-state index contributed by atoms with van der Waals surface area (Å²) < 4.78 is 0. The lowest BCUT2D eigenvalue weighted by Crippen LogP contribution is -2.31. The maximum absolute atomic E-state index is 12.3. The van der Waals surface area contributed by atoms with E-state index < -0.39 is 0 Å². The molecule has 1 aromatic heterocycles. The number of nitrogens with one attached hydrogen (secondary N) is 1. The molecule has 1 saturated heterocycles. The molecule has 1 aliphatic carbocycles. The van der Waals surface area contributed by atoms with Crippen LogP contribution < -0.4 is 0 Å². The third-order valence-electron chi connectivity index (χ3n) is 4.43. The van der Waals surface area contributed by atoms with Crippen LogP contribution in [0.4, 0.5) is 0 Å². The molecule has 1 aromatic rings. The minimum absolute atomic E-state index is 0.0518. The maximum atomic E-state index is 12.3. The Morgan fingerprint density at radius 2 is 2.16 bits per heavy atom. The summed E-state index contributed by atoms with van der Waals surface area (Å²) in [4.78, 5) is 28.2. The Morgan fingerprint density at radius 3 is 2.79 bits per heavy atom. The molecule has 5 nitrogen and oxygen atoms in total. The van der Waals surface area contributed by atoms with E-state index >= 15 is 0 Å². The van der Waals surface area contributed by atoms with Crippen LogP contribution in [0.3, 0.4) is 0 Å². The monoisotopic (exact) mass is 262 g/mol. The second-order valence-corrected chi connectivity index (χ2v) is 5.64. The molecule has 0 radical (unpaired) electrons. The number of carbonyl (C=O) groups excluding carboxylic acids is 2. The average molecular weight is 262 g/mol. The summed E-state index contributed by atoms with van der Waals surface area (Å²) in [5.74, 6) is 0.533. The largest absolute Gasteiger partial charge is 0.393 e. The van der Waals surface area contributed by atoms with Crippen LogP contribution in [0.1, 0.15) is 40.6 Å². The first-order valence-corrected chi connectivity index (χ1v) is 6.73. The number of aliphatic hydroxyl groups excluding tert-OH is 1. The molecule has 2 heterocycles. The van der Waals surface area contributed by atoms with Crippen molar-refractivity contribution < 1.29 is 14.7 Å². The Hall–Kier alpha value is -1.62. The molecule has 2 N–H and O–H groups in total. The van der Waals surface area contributed by atoms with Gasteiger partial charge in [0, 0.05) is 30.8 Å². The van der Waals surface area contributed by atoms with Crippen molar-refractivity contribution in [2.75, 3.05) is 13.1 Å². The molecule has 0 spiro atoms. The van der Waals surface area contributed by atoms with E-state index in [1.165, 1.54) is 6.92 Å². The topological polar surface area (TPSA) is 73.4 Å². The van der Waals surface area contributed by atoms with Crippen molar-refractivity contribution in [3.8, 4) is 0 Å². The fraction of sp³-hybridized carbons (Fsp3) is 0.571. The molecule has 3 atom stereocenters. The van der Waals surface area contributed by atoms with Crippen molar-refractivity contribution in [2.24, 2.45) is 11.8 Å². The van der Waals surface area contributed by atoms with Gasteiger partial charge in [0.25, 0.3) is 5.91 Å². The summed E-state index contributed by atoms with van der Waals surface area (Å²) in [5, 5.41) is 9.86. The van der Waals surface area contributed by atoms with Gasteiger partial charge < -0.3 is 15.0 Å². The number of hydrogen-bond donors (Lipinski definition) is 2. The molecule has 1 amide bonds. The zero-order chi connectivity index (χ0) is 13.6. The molecule has 5 heteroatoms. The maximum Gasteiger partial charge on any atom is 0.270 e. The number of fused-ring (bicyclic) bond motifs is 1. The van der Waals surface area contributed by atoms with Crippen LogP contribution in [0.2, 0.25) is 0 Å². The van der Waals surface area contributed by atoms with Crippen molar-refractivity contribution in [3.63, 3.8) is 0 Å². The van der Waals surface area contributed by atoms with Gasteiger partial charge in [-0.1, -0.05) is 0 Å². The fourth-order valence-electron chi connectivity index (χ4n) is 3.29. The van der Waals surface area contributed by atoms with Gasteiger partial charge in [0.15, 0.2) is 5.78 Å². The Bertz CT molecular complexity index is 523. The zero-order valence-corrected chi connectivity index (χ0v) is 10.9. The van der Waals surface area contributed by atoms with Crippen LogP contribution >= 0.6 is 0 Å². The molecular formula is C14H18N2O3. The van der Waals surface area contributed by atoms with Gasteiger partial charge in [-0.3, -0.25) is 9.59 Å². The zero-order valence-electron chi connectivity index (χ0n) is 10.9. The van der Waals surface area contributed by atoms with Crippen LogP contribution in [-0.4, -0.2) is 45.9 Å². The highest BCUT2D eigenvalue weighted by molar-refractivity contribution is 5.99. The molecule has 2 aliphatic rings. The van der Waals surface area contributed by atoms with Crippen molar-refractivity contribution in [1.29, 1.82) is 0 Å². The van der Waals surface area contributed by atoms with Crippen molar-refractivity contribution in [3.05, 3.63) is 23.5 Å². The number of aliphatic hydroxyl groups is 1. The van der Waals surface area contributed by atoms with E-state index in [1.54, 1.807) is 17.2 Å². The molecule has 1 aliphatic heterocycles. The molecule has 0 aromatic carbocycles. The fourth-order valence-corrected chi connectivity index (χ4v) is 3.29. The quantitative estimate of drug-likeness (QED) is 0.783. The average Bonchev–Trinajstić information content (AvgIpc) is 3.05. The van der Waals surface area contributed by atoms with Crippen LogP contribution in [0.5, 0.6) is 0 Å². The summed E-state index contributed by atoms with van der Waals surface area (Å²) in [6.07, 6.45) is 3.16. The minimum atomic E-state index is -0.265. The number of amides is 1. The molecule has 3 unspecified atom stereocenters. The number of ketones is 1. The van der Waals surface area contributed by atoms with E-state index in [9.17, 15) is 14.7 Å². The molecule has 2 fully saturated rings. The van der Waals surface area contributed by atoms with Gasteiger partial charge in [-0.2, -0.15) is 0 Å². The summed E-state index contributed by atoms with van der Waals surface area (Å²) >= 11 is 0. The van der Waals surface area contributed by atoms with Crippen LogP contribution in [0.25, 0.3) is 0 Å². The first-order valence-electron chi connectivity index (χ1n) is 6.73.